The van der Waals surface area contributed by atoms with Crippen molar-refractivity contribution in [2.24, 2.45) is 10.9 Å². The van der Waals surface area contributed by atoms with Crippen LogP contribution >= 0.6 is 0 Å². The average molecular weight is 251 g/mol. The second-order valence-corrected chi connectivity index (χ2v) is 3.77. The first-order valence-electron chi connectivity index (χ1n) is 5.22. The van der Waals surface area contributed by atoms with E-state index >= 15 is 0 Å². The summed E-state index contributed by atoms with van der Waals surface area (Å²) in [5.41, 5.74) is 5.54. The van der Waals surface area contributed by atoms with Crippen molar-refractivity contribution < 1.29 is 5.21 Å². The molecule has 0 radical (unpaired) electrons. The highest BCUT2D eigenvalue weighted by atomic mass is 16.4. The van der Waals surface area contributed by atoms with Gasteiger partial charge in [-0.25, -0.2) is 19.3 Å². The van der Waals surface area contributed by atoms with Gasteiger partial charge in [0, 0.05) is 26.1 Å². The van der Waals surface area contributed by atoms with Crippen molar-refractivity contribution in [1.82, 2.24) is 19.6 Å². The van der Waals surface area contributed by atoms with E-state index in [1.54, 1.807) is 6.07 Å². The average Bonchev–Trinajstić information content (AvgIpc) is 2.76. The number of rotatable bonds is 4. The Labute approximate surface area is 102 Å². The number of nitrogens with one attached hydrogen (secondary N) is 1. The number of nitrogens with two attached hydrogens (primary N) is 1. The van der Waals surface area contributed by atoms with Gasteiger partial charge >= 0.3 is 5.69 Å². The number of hydrogen-bond donors (Lipinski definition) is 3. The highest BCUT2D eigenvalue weighted by molar-refractivity contribution is 5.80. The van der Waals surface area contributed by atoms with Gasteiger partial charge < -0.3 is 15.8 Å². The largest absolute Gasteiger partial charge is 0.409 e. The molecule has 9 nitrogen and oxygen atoms in total. The Morgan fingerprint density at radius 2 is 2.50 bits per heavy atom. The molecule has 0 fully saturated rings. The molecule has 0 saturated carbocycles. The lowest BCUT2D eigenvalue weighted by atomic mass is 10.3. The standard InChI is InChI=1S/C9H13N7O2/c1-15(3-2-6(10)14-18)7-4-8-12-13-9(17)16(8)5-11-7/h4-5,18H,2-3H2,1H3,(H2,10,14)(H,13,17). The number of aromatic nitrogens is 4. The topological polar surface area (TPSA) is 125 Å². The minimum atomic E-state index is -0.330. The molecule has 0 saturated heterocycles. The van der Waals surface area contributed by atoms with E-state index in [9.17, 15) is 4.79 Å². The number of anilines is 1. The summed E-state index contributed by atoms with van der Waals surface area (Å²) in [6, 6.07) is 1.67. The van der Waals surface area contributed by atoms with Gasteiger partial charge in [-0.05, 0) is 0 Å². The van der Waals surface area contributed by atoms with Gasteiger partial charge in [-0.2, -0.15) is 5.10 Å². The zero-order valence-corrected chi connectivity index (χ0v) is 9.74. The quantitative estimate of drug-likeness (QED) is 0.277. The second-order valence-electron chi connectivity index (χ2n) is 3.77. The predicted octanol–water partition coefficient (Wildman–Crippen LogP) is -1.01. The van der Waals surface area contributed by atoms with Crippen LogP contribution in [-0.2, 0) is 0 Å². The lowest BCUT2D eigenvalue weighted by Crippen LogP contribution is -2.25. The van der Waals surface area contributed by atoms with Crippen molar-refractivity contribution in [2.75, 3.05) is 18.5 Å². The maximum absolute atomic E-state index is 11.2. The normalized spacial score (nSPS) is 11.9. The molecule has 2 aromatic heterocycles. The van der Waals surface area contributed by atoms with Crippen molar-refractivity contribution in [2.45, 2.75) is 6.42 Å². The summed E-state index contributed by atoms with van der Waals surface area (Å²) in [6.07, 6.45) is 1.81. The zero-order valence-electron chi connectivity index (χ0n) is 9.74. The number of aromatic amines is 1. The van der Waals surface area contributed by atoms with Crippen LogP contribution in [0, 0.1) is 0 Å². The van der Waals surface area contributed by atoms with Crippen molar-refractivity contribution in [3.05, 3.63) is 22.9 Å². The summed E-state index contributed by atoms with van der Waals surface area (Å²) in [6.45, 7) is 0.535. The van der Waals surface area contributed by atoms with E-state index in [0.717, 1.165) is 0 Å². The SMILES string of the molecule is CN(CC/C(N)=N/O)c1cc2n[nH]c(=O)n2cn1. The number of oxime groups is 1. The summed E-state index contributed by atoms with van der Waals surface area (Å²) < 4.78 is 1.31. The Morgan fingerprint density at radius 1 is 1.72 bits per heavy atom. The first-order chi connectivity index (χ1) is 8.61. The van der Waals surface area contributed by atoms with Crippen LogP contribution in [0.4, 0.5) is 5.82 Å². The molecular formula is C9H13N7O2. The fraction of sp³-hybridized carbons (Fsp3) is 0.333. The molecule has 0 bridgehead atoms. The van der Waals surface area contributed by atoms with Crippen molar-refractivity contribution in [3.8, 4) is 0 Å². The Bertz CT molecular complexity index is 629. The van der Waals surface area contributed by atoms with Crippen molar-refractivity contribution >= 4 is 17.3 Å². The van der Waals surface area contributed by atoms with Crippen LogP contribution in [0.5, 0.6) is 0 Å². The highest BCUT2D eigenvalue weighted by Crippen LogP contribution is 2.09. The number of nitrogens with zero attached hydrogens (tertiary/aromatic N) is 5. The summed E-state index contributed by atoms with van der Waals surface area (Å²) in [5, 5.41) is 17.5. The van der Waals surface area contributed by atoms with Gasteiger partial charge in [0.2, 0.25) is 0 Å². The van der Waals surface area contributed by atoms with Gasteiger partial charge in [-0.1, -0.05) is 5.16 Å². The molecule has 0 unspecified atom stereocenters. The van der Waals surface area contributed by atoms with Gasteiger partial charge in [0.1, 0.15) is 18.0 Å². The molecule has 2 aromatic rings. The van der Waals surface area contributed by atoms with Gasteiger partial charge in [-0.3, -0.25) is 0 Å². The van der Waals surface area contributed by atoms with Crippen LogP contribution in [0.1, 0.15) is 6.42 Å². The first-order valence-corrected chi connectivity index (χ1v) is 5.22. The first kappa shape index (κ1) is 11.9. The van der Waals surface area contributed by atoms with Crippen molar-refractivity contribution in [3.63, 3.8) is 0 Å². The summed E-state index contributed by atoms with van der Waals surface area (Å²) in [7, 11) is 1.81. The molecular weight excluding hydrogens is 238 g/mol. The summed E-state index contributed by atoms with van der Waals surface area (Å²) >= 11 is 0. The number of H-pyrrole nitrogens is 1. The van der Waals surface area contributed by atoms with Gasteiger partial charge in [-0.15, -0.1) is 0 Å². The highest BCUT2D eigenvalue weighted by Gasteiger charge is 2.07. The molecule has 9 heteroatoms. The van der Waals surface area contributed by atoms with Crippen molar-refractivity contribution in [1.29, 1.82) is 0 Å². The molecule has 0 aliphatic carbocycles. The molecule has 18 heavy (non-hydrogen) atoms. The summed E-state index contributed by atoms with van der Waals surface area (Å²) in [4.78, 5) is 17.2. The minimum absolute atomic E-state index is 0.152. The fourth-order valence-electron chi connectivity index (χ4n) is 1.46. The molecule has 0 spiro atoms. The molecule has 2 rings (SSSR count). The third kappa shape index (κ3) is 2.24. The van der Waals surface area contributed by atoms with Crippen LogP contribution in [0.2, 0.25) is 0 Å². The van der Waals surface area contributed by atoms with Crippen LogP contribution in [-0.4, -0.2) is 44.2 Å². The molecule has 4 N–H and O–H groups in total. The maximum atomic E-state index is 11.2. The van der Waals surface area contributed by atoms with Crippen LogP contribution in [0.25, 0.3) is 5.65 Å². The maximum Gasteiger partial charge on any atom is 0.348 e. The molecule has 0 aliphatic heterocycles. The number of hydrogen-bond acceptors (Lipinski definition) is 6. The Balaban J connectivity index is 2.17. The van der Waals surface area contributed by atoms with Crippen LogP contribution in [0.3, 0.4) is 0 Å². The molecule has 0 atom stereocenters. The number of amidine groups is 1. The van der Waals surface area contributed by atoms with E-state index in [4.69, 9.17) is 10.9 Å². The smallest absolute Gasteiger partial charge is 0.348 e. The van der Waals surface area contributed by atoms with E-state index in [1.165, 1.54) is 10.7 Å². The van der Waals surface area contributed by atoms with Crippen LogP contribution in [0.15, 0.2) is 22.3 Å². The third-order valence-corrected chi connectivity index (χ3v) is 2.52. The monoisotopic (exact) mass is 251 g/mol. The molecule has 96 valence electrons. The lowest BCUT2D eigenvalue weighted by molar-refractivity contribution is 0.317. The third-order valence-electron chi connectivity index (χ3n) is 2.52. The fourth-order valence-corrected chi connectivity index (χ4v) is 1.46. The second kappa shape index (κ2) is 4.73. The molecule has 0 amide bonds. The minimum Gasteiger partial charge on any atom is -0.409 e. The van der Waals surface area contributed by atoms with Gasteiger partial charge in [0.15, 0.2) is 5.65 Å². The predicted molar refractivity (Wildman–Crippen MR) is 64.9 cm³/mol. The summed E-state index contributed by atoms with van der Waals surface area (Å²) in [5.74, 6) is 0.797. The van der Waals surface area contributed by atoms with E-state index < -0.39 is 0 Å². The van der Waals surface area contributed by atoms with E-state index in [-0.39, 0.29) is 11.5 Å². The Hall–Kier alpha value is -2.58. The van der Waals surface area contributed by atoms with Gasteiger partial charge in [0.05, 0.1) is 0 Å². The molecule has 0 aromatic carbocycles. The Morgan fingerprint density at radius 3 is 3.22 bits per heavy atom. The van der Waals surface area contributed by atoms with Crippen LogP contribution < -0.4 is 16.3 Å². The molecule has 2 heterocycles. The van der Waals surface area contributed by atoms with E-state index in [1.807, 2.05) is 11.9 Å². The van der Waals surface area contributed by atoms with E-state index in [0.29, 0.717) is 24.4 Å². The lowest BCUT2D eigenvalue weighted by Gasteiger charge is -2.17. The Kier molecular flexibility index (Phi) is 3.13. The zero-order chi connectivity index (χ0) is 13.1. The van der Waals surface area contributed by atoms with Gasteiger partial charge in [0.25, 0.3) is 0 Å². The molecule has 0 aliphatic rings. The van der Waals surface area contributed by atoms with E-state index in [2.05, 4.69) is 20.3 Å². The number of fused-ring (bicyclic) bond motifs is 1.